The Bertz CT molecular complexity index is 580. The van der Waals surface area contributed by atoms with Crippen LogP contribution in [-0.4, -0.2) is 11.5 Å². The minimum atomic E-state index is 0.0780. The lowest BCUT2D eigenvalue weighted by Crippen LogP contribution is -2.30. The van der Waals surface area contributed by atoms with Crippen LogP contribution in [0.15, 0.2) is 28.7 Å². The molecule has 2 aromatic rings. The van der Waals surface area contributed by atoms with E-state index in [4.69, 9.17) is 21.9 Å². The van der Waals surface area contributed by atoms with E-state index in [0.717, 1.165) is 34.1 Å². The zero-order valence-corrected chi connectivity index (χ0v) is 12.8. The molecule has 0 radical (unpaired) electrons. The normalized spacial score (nSPS) is 18.5. The molecule has 0 saturated carbocycles. The van der Waals surface area contributed by atoms with E-state index in [-0.39, 0.29) is 6.04 Å². The highest BCUT2D eigenvalue weighted by molar-refractivity contribution is 7.99. The van der Waals surface area contributed by atoms with Crippen LogP contribution in [0.3, 0.4) is 0 Å². The Morgan fingerprint density at radius 3 is 2.90 bits per heavy atom. The molecule has 0 aliphatic carbocycles. The molecule has 1 aliphatic rings. The van der Waals surface area contributed by atoms with E-state index in [9.17, 15) is 0 Å². The number of thioether (sulfide) groups is 1. The van der Waals surface area contributed by atoms with Crippen LogP contribution >= 0.6 is 23.4 Å². The summed E-state index contributed by atoms with van der Waals surface area (Å²) in [6.45, 7) is 0. The number of halogens is 1. The van der Waals surface area contributed by atoms with Gasteiger partial charge in [0.1, 0.15) is 11.3 Å². The summed E-state index contributed by atoms with van der Waals surface area (Å²) in [7, 11) is 0. The number of nitrogens with one attached hydrogen (secondary N) is 1. The smallest absolute Gasteiger partial charge is 0.134 e. The zero-order valence-electron chi connectivity index (χ0n) is 11.3. The zero-order chi connectivity index (χ0) is 13.9. The van der Waals surface area contributed by atoms with Gasteiger partial charge < -0.3 is 4.42 Å². The molecule has 3 nitrogen and oxygen atoms in total. The van der Waals surface area contributed by atoms with Gasteiger partial charge in [-0.15, -0.1) is 0 Å². The highest BCUT2D eigenvalue weighted by Crippen LogP contribution is 2.33. The molecule has 0 bridgehead atoms. The van der Waals surface area contributed by atoms with Crippen molar-refractivity contribution in [2.75, 3.05) is 11.5 Å². The van der Waals surface area contributed by atoms with Gasteiger partial charge in [0.15, 0.2) is 0 Å². The molecule has 3 rings (SSSR count). The largest absolute Gasteiger partial charge is 0.459 e. The number of furan rings is 1. The maximum atomic E-state index is 6.01. The van der Waals surface area contributed by atoms with Crippen LogP contribution in [0.1, 0.15) is 31.1 Å². The Morgan fingerprint density at radius 2 is 2.15 bits per heavy atom. The number of nitrogens with two attached hydrogens (primary N) is 1. The second-order valence-electron chi connectivity index (χ2n) is 5.34. The lowest BCUT2D eigenvalue weighted by atomic mass is 9.93. The van der Waals surface area contributed by atoms with Crippen molar-refractivity contribution < 1.29 is 4.42 Å². The van der Waals surface area contributed by atoms with E-state index in [2.05, 4.69) is 5.43 Å². The van der Waals surface area contributed by atoms with Crippen LogP contribution in [0, 0.1) is 5.92 Å². The van der Waals surface area contributed by atoms with Gasteiger partial charge in [-0.25, -0.2) is 5.43 Å². The molecule has 3 N–H and O–H groups in total. The van der Waals surface area contributed by atoms with Crippen molar-refractivity contribution in [1.29, 1.82) is 0 Å². The fourth-order valence-corrected chi connectivity index (χ4v) is 4.17. The third-order valence-electron chi connectivity index (χ3n) is 3.95. The summed E-state index contributed by atoms with van der Waals surface area (Å²) in [6.07, 6.45) is 3.58. The molecule has 1 atom stereocenters. The third-order valence-corrected chi connectivity index (χ3v) is 5.24. The lowest BCUT2D eigenvalue weighted by Gasteiger charge is -2.24. The highest BCUT2D eigenvalue weighted by Gasteiger charge is 2.22. The molecule has 5 heteroatoms. The molecule has 1 aromatic heterocycles. The van der Waals surface area contributed by atoms with Crippen LogP contribution in [0.25, 0.3) is 11.0 Å². The molecule has 20 heavy (non-hydrogen) atoms. The van der Waals surface area contributed by atoms with Crippen molar-refractivity contribution in [3.8, 4) is 0 Å². The number of hydrogen-bond donors (Lipinski definition) is 2. The Balaban J connectivity index is 1.79. The molecule has 1 aromatic carbocycles. The topological polar surface area (TPSA) is 51.2 Å². The first-order chi connectivity index (χ1) is 9.76. The van der Waals surface area contributed by atoms with Crippen LogP contribution in [0.5, 0.6) is 0 Å². The predicted molar refractivity (Wildman–Crippen MR) is 86.0 cm³/mol. The Kier molecular flexibility index (Phi) is 4.56. The fraction of sp³-hybridized carbons (Fsp3) is 0.467. The average molecular weight is 311 g/mol. The van der Waals surface area contributed by atoms with Gasteiger partial charge in [0.05, 0.1) is 6.04 Å². The number of fused-ring (bicyclic) bond motifs is 1. The first-order valence-corrected chi connectivity index (χ1v) is 8.52. The molecule has 1 aliphatic heterocycles. The number of rotatable bonds is 4. The van der Waals surface area contributed by atoms with E-state index < -0.39 is 0 Å². The van der Waals surface area contributed by atoms with Gasteiger partial charge in [-0.2, -0.15) is 11.8 Å². The van der Waals surface area contributed by atoms with Crippen LogP contribution in [0.2, 0.25) is 5.02 Å². The number of hydrazine groups is 1. The Morgan fingerprint density at radius 1 is 1.35 bits per heavy atom. The minimum Gasteiger partial charge on any atom is -0.459 e. The summed E-state index contributed by atoms with van der Waals surface area (Å²) in [5, 5.41) is 1.76. The second-order valence-corrected chi connectivity index (χ2v) is 7.00. The van der Waals surface area contributed by atoms with Gasteiger partial charge in [-0.1, -0.05) is 11.6 Å². The SMILES string of the molecule is NNC(CC1CCSCC1)c1cc2cc(Cl)ccc2o1. The van der Waals surface area contributed by atoms with Gasteiger partial charge in [-0.05, 0) is 61.0 Å². The summed E-state index contributed by atoms with van der Waals surface area (Å²) < 4.78 is 5.91. The highest BCUT2D eigenvalue weighted by atomic mass is 35.5. The minimum absolute atomic E-state index is 0.0780. The number of benzene rings is 1. The number of hydrogen-bond acceptors (Lipinski definition) is 4. The summed E-state index contributed by atoms with van der Waals surface area (Å²) in [4.78, 5) is 0. The molecule has 0 spiro atoms. The van der Waals surface area contributed by atoms with Gasteiger partial charge in [0, 0.05) is 10.4 Å². The van der Waals surface area contributed by atoms with Crippen LogP contribution in [0.4, 0.5) is 0 Å². The van der Waals surface area contributed by atoms with Crippen molar-refractivity contribution in [2.24, 2.45) is 11.8 Å². The van der Waals surface area contributed by atoms with E-state index in [0.29, 0.717) is 0 Å². The molecule has 1 saturated heterocycles. The van der Waals surface area contributed by atoms with Gasteiger partial charge in [0.25, 0.3) is 0 Å². The summed E-state index contributed by atoms with van der Waals surface area (Å²) in [6, 6.07) is 7.80. The molecule has 1 unspecified atom stereocenters. The van der Waals surface area contributed by atoms with Crippen molar-refractivity contribution in [3.05, 3.63) is 35.0 Å². The first kappa shape index (κ1) is 14.3. The second kappa shape index (κ2) is 6.39. The van der Waals surface area contributed by atoms with E-state index >= 15 is 0 Å². The van der Waals surface area contributed by atoms with Crippen LogP contribution in [-0.2, 0) is 0 Å². The fourth-order valence-electron chi connectivity index (χ4n) is 2.79. The third kappa shape index (κ3) is 3.14. The monoisotopic (exact) mass is 310 g/mol. The van der Waals surface area contributed by atoms with Gasteiger partial charge in [-0.3, -0.25) is 5.84 Å². The lowest BCUT2D eigenvalue weighted by molar-refractivity contribution is 0.337. The molecular formula is C15H19ClN2OS. The molecule has 108 valence electrons. The van der Waals surface area contributed by atoms with Crippen molar-refractivity contribution in [3.63, 3.8) is 0 Å². The van der Waals surface area contributed by atoms with Crippen molar-refractivity contribution in [1.82, 2.24) is 5.43 Å². The van der Waals surface area contributed by atoms with Crippen molar-refractivity contribution in [2.45, 2.75) is 25.3 Å². The van der Waals surface area contributed by atoms with Gasteiger partial charge in [0.2, 0.25) is 0 Å². The molecule has 0 amide bonds. The van der Waals surface area contributed by atoms with Crippen LogP contribution < -0.4 is 11.3 Å². The first-order valence-electron chi connectivity index (χ1n) is 6.99. The maximum Gasteiger partial charge on any atom is 0.134 e. The standard InChI is InChI=1S/C15H19ClN2OS/c16-12-1-2-14-11(8-12)9-15(19-14)13(18-17)7-10-3-5-20-6-4-10/h1-2,8-10,13,18H,3-7,17H2. The van der Waals surface area contributed by atoms with E-state index in [1.165, 1.54) is 24.3 Å². The average Bonchev–Trinajstić information content (AvgIpc) is 2.88. The van der Waals surface area contributed by atoms with Crippen molar-refractivity contribution >= 4 is 34.3 Å². The summed E-state index contributed by atoms with van der Waals surface area (Å²) >= 11 is 8.06. The Labute approximate surface area is 128 Å². The van der Waals surface area contributed by atoms with Gasteiger partial charge >= 0.3 is 0 Å². The summed E-state index contributed by atoms with van der Waals surface area (Å²) in [5.74, 6) is 9.89. The predicted octanol–water partition coefficient (Wildman–Crippen LogP) is 4.12. The Hall–Kier alpha value is -0.680. The molecule has 2 heterocycles. The maximum absolute atomic E-state index is 6.01. The molecule has 1 fully saturated rings. The van der Waals surface area contributed by atoms with E-state index in [1.54, 1.807) is 0 Å². The summed E-state index contributed by atoms with van der Waals surface area (Å²) in [5.41, 5.74) is 3.77. The van der Waals surface area contributed by atoms with E-state index in [1.807, 2.05) is 36.0 Å². The quantitative estimate of drug-likeness (QED) is 0.658. The molecular weight excluding hydrogens is 292 g/mol.